The summed E-state index contributed by atoms with van der Waals surface area (Å²) < 4.78 is 0. The van der Waals surface area contributed by atoms with Gasteiger partial charge in [-0.1, -0.05) is 43.2 Å². The van der Waals surface area contributed by atoms with Crippen LogP contribution in [0.2, 0.25) is 0 Å². The fourth-order valence-corrected chi connectivity index (χ4v) is 3.15. The molecule has 1 N–H and O–H groups in total. The van der Waals surface area contributed by atoms with Gasteiger partial charge in [-0.25, -0.2) is 0 Å². The molecule has 1 heterocycles. The summed E-state index contributed by atoms with van der Waals surface area (Å²) >= 11 is 0. The van der Waals surface area contributed by atoms with Crippen LogP contribution in [-0.4, -0.2) is 6.54 Å². The molecule has 0 bridgehead atoms. The molecule has 1 aliphatic heterocycles. The molecule has 2 fully saturated rings. The SMILES string of the molecule is c1ccc([C@@H]2NCC23CCCC3)cc1. The van der Waals surface area contributed by atoms with Crippen molar-refractivity contribution in [3.05, 3.63) is 35.9 Å². The molecule has 1 saturated carbocycles. The molecule has 74 valence electrons. The lowest BCUT2D eigenvalue weighted by Crippen LogP contribution is -2.54. The zero-order valence-corrected chi connectivity index (χ0v) is 8.50. The van der Waals surface area contributed by atoms with Crippen LogP contribution in [0.1, 0.15) is 37.3 Å². The van der Waals surface area contributed by atoms with E-state index in [4.69, 9.17) is 0 Å². The van der Waals surface area contributed by atoms with Gasteiger partial charge >= 0.3 is 0 Å². The van der Waals surface area contributed by atoms with Gasteiger partial charge in [-0.2, -0.15) is 0 Å². The lowest BCUT2D eigenvalue weighted by atomic mass is 9.69. The first-order chi connectivity index (χ1) is 6.91. The van der Waals surface area contributed by atoms with Crippen molar-refractivity contribution in [2.75, 3.05) is 6.54 Å². The third-order valence-electron chi connectivity index (χ3n) is 4.00. The van der Waals surface area contributed by atoms with E-state index < -0.39 is 0 Å². The molecule has 1 atom stereocenters. The molecule has 1 aromatic carbocycles. The molecule has 0 unspecified atom stereocenters. The summed E-state index contributed by atoms with van der Waals surface area (Å²) in [6.45, 7) is 1.24. The van der Waals surface area contributed by atoms with Crippen LogP contribution in [0.3, 0.4) is 0 Å². The van der Waals surface area contributed by atoms with Crippen molar-refractivity contribution in [1.29, 1.82) is 0 Å². The van der Waals surface area contributed by atoms with Crippen molar-refractivity contribution in [1.82, 2.24) is 5.32 Å². The minimum atomic E-state index is 0.626. The standard InChI is InChI=1S/C13H17N/c1-2-6-11(7-3-1)12-13(10-14-12)8-4-5-9-13/h1-3,6-7,12,14H,4-5,8-10H2/t12-/m0/s1. The average molecular weight is 187 g/mol. The molecule has 14 heavy (non-hydrogen) atoms. The van der Waals surface area contributed by atoms with Crippen LogP contribution >= 0.6 is 0 Å². The fourth-order valence-electron chi connectivity index (χ4n) is 3.15. The molecule has 0 amide bonds. The lowest BCUT2D eigenvalue weighted by Gasteiger charge is -2.48. The third-order valence-corrected chi connectivity index (χ3v) is 4.00. The second kappa shape index (κ2) is 3.09. The predicted molar refractivity (Wildman–Crippen MR) is 58.1 cm³/mol. The largest absolute Gasteiger partial charge is 0.309 e. The Hall–Kier alpha value is -0.820. The average Bonchev–Trinajstić information content (AvgIpc) is 2.68. The van der Waals surface area contributed by atoms with Gasteiger partial charge in [0.2, 0.25) is 0 Å². The Balaban J connectivity index is 1.87. The summed E-state index contributed by atoms with van der Waals surface area (Å²) in [5, 5.41) is 3.59. The number of benzene rings is 1. The molecular formula is C13H17N. The number of hydrogen-bond donors (Lipinski definition) is 1. The molecule has 0 radical (unpaired) electrons. The van der Waals surface area contributed by atoms with Crippen LogP contribution in [0.15, 0.2) is 30.3 Å². The van der Waals surface area contributed by atoms with E-state index in [1.807, 2.05) is 0 Å². The third kappa shape index (κ3) is 1.12. The van der Waals surface area contributed by atoms with Crippen LogP contribution < -0.4 is 5.32 Å². The first-order valence-corrected chi connectivity index (χ1v) is 5.69. The van der Waals surface area contributed by atoms with E-state index in [-0.39, 0.29) is 0 Å². The Morgan fingerprint density at radius 3 is 2.36 bits per heavy atom. The first kappa shape index (κ1) is 8.49. The van der Waals surface area contributed by atoms with E-state index in [0.29, 0.717) is 11.5 Å². The van der Waals surface area contributed by atoms with Crippen molar-refractivity contribution in [2.45, 2.75) is 31.7 Å². The highest BCUT2D eigenvalue weighted by molar-refractivity contribution is 5.25. The quantitative estimate of drug-likeness (QED) is 0.713. The highest BCUT2D eigenvalue weighted by Crippen LogP contribution is 2.52. The van der Waals surface area contributed by atoms with Crippen molar-refractivity contribution < 1.29 is 0 Å². The van der Waals surface area contributed by atoms with E-state index >= 15 is 0 Å². The Morgan fingerprint density at radius 2 is 1.79 bits per heavy atom. The van der Waals surface area contributed by atoms with E-state index in [9.17, 15) is 0 Å². The molecule has 1 spiro atoms. The van der Waals surface area contributed by atoms with Crippen molar-refractivity contribution in [2.24, 2.45) is 5.41 Å². The van der Waals surface area contributed by atoms with E-state index in [1.54, 1.807) is 0 Å². The molecule has 3 rings (SSSR count). The van der Waals surface area contributed by atoms with Crippen molar-refractivity contribution >= 4 is 0 Å². The second-order valence-electron chi connectivity index (χ2n) is 4.79. The molecule has 1 heteroatoms. The maximum absolute atomic E-state index is 3.59. The molecule has 1 saturated heterocycles. The zero-order chi connectivity index (χ0) is 9.43. The predicted octanol–water partition coefficient (Wildman–Crippen LogP) is 2.89. The molecule has 2 aliphatic rings. The minimum absolute atomic E-state index is 0.626. The molecule has 1 aromatic rings. The van der Waals surface area contributed by atoms with Gasteiger partial charge in [0.05, 0.1) is 0 Å². The fraction of sp³-hybridized carbons (Fsp3) is 0.538. The molecule has 1 nitrogen and oxygen atoms in total. The van der Waals surface area contributed by atoms with E-state index in [2.05, 4.69) is 35.6 Å². The van der Waals surface area contributed by atoms with Crippen LogP contribution in [0, 0.1) is 5.41 Å². The Bertz CT molecular complexity index is 311. The Kier molecular flexibility index (Phi) is 1.88. The van der Waals surface area contributed by atoms with Crippen LogP contribution in [-0.2, 0) is 0 Å². The van der Waals surface area contributed by atoms with Gasteiger partial charge in [0.25, 0.3) is 0 Å². The topological polar surface area (TPSA) is 12.0 Å². The zero-order valence-electron chi connectivity index (χ0n) is 8.50. The van der Waals surface area contributed by atoms with Gasteiger partial charge in [0, 0.05) is 18.0 Å². The van der Waals surface area contributed by atoms with Crippen LogP contribution in [0.25, 0.3) is 0 Å². The maximum Gasteiger partial charge on any atom is 0.0389 e. The summed E-state index contributed by atoms with van der Waals surface area (Å²) in [6, 6.07) is 11.6. The highest BCUT2D eigenvalue weighted by atomic mass is 15.0. The smallest absolute Gasteiger partial charge is 0.0389 e. The highest BCUT2D eigenvalue weighted by Gasteiger charge is 2.48. The summed E-state index contributed by atoms with van der Waals surface area (Å²) in [5.41, 5.74) is 2.11. The number of rotatable bonds is 1. The summed E-state index contributed by atoms with van der Waals surface area (Å²) in [6.07, 6.45) is 5.73. The summed E-state index contributed by atoms with van der Waals surface area (Å²) in [7, 11) is 0. The molecular weight excluding hydrogens is 170 g/mol. The second-order valence-corrected chi connectivity index (χ2v) is 4.79. The Morgan fingerprint density at radius 1 is 1.07 bits per heavy atom. The van der Waals surface area contributed by atoms with Crippen molar-refractivity contribution in [3.63, 3.8) is 0 Å². The van der Waals surface area contributed by atoms with Crippen LogP contribution in [0.5, 0.6) is 0 Å². The summed E-state index contributed by atoms with van der Waals surface area (Å²) in [5.74, 6) is 0. The first-order valence-electron chi connectivity index (χ1n) is 5.69. The van der Waals surface area contributed by atoms with Gasteiger partial charge in [0.15, 0.2) is 0 Å². The van der Waals surface area contributed by atoms with Gasteiger partial charge in [-0.15, -0.1) is 0 Å². The number of nitrogens with one attached hydrogen (secondary N) is 1. The van der Waals surface area contributed by atoms with E-state index in [1.165, 1.54) is 37.8 Å². The normalized spacial score (nSPS) is 29.0. The Labute approximate surface area is 85.5 Å². The van der Waals surface area contributed by atoms with Crippen LogP contribution in [0.4, 0.5) is 0 Å². The number of hydrogen-bond acceptors (Lipinski definition) is 1. The molecule has 1 aliphatic carbocycles. The maximum atomic E-state index is 3.59. The van der Waals surface area contributed by atoms with Gasteiger partial charge in [-0.3, -0.25) is 0 Å². The lowest BCUT2D eigenvalue weighted by molar-refractivity contribution is 0.0894. The minimum Gasteiger partial charge on any atom is -0.309 e. The monoisotopic (exact) mass is 187 g/mol. The summed E-state index contributed by atoms with van der Waals surface area (Å²) in [4.78, 5) is 0. The van der Waals surface area contributed by atoms with Gasteiger partial charge in [-0.05, 0) is 18.4 Å². The van der Waals surface area contributed by atoms with Gasteiger partial charge < -0.3 is 5.32 Å². The van der Waals surface area contributed by atoms with Crippen molar-refractivity contribution in [3.8, 4) is 0 Å². The van der Waals surface area contributed by atoms with Gasteiger partial charge in [0.1, 0.15) is 0 Å². The van der Waals surface area contributed by atoms with E-state index in [0.717, 1.165) is 0 Å². The molecule has 0 aromatic heterocycles.